The predicted octanol–water partition coefficient (Wildman–Crippen LogP) is 3.75. The zero-order valence-corrected chi connectivity index (χ0v) is 11.8. The molecule has 0 atom stereocenters. The van der Waals surface area contributed by atoms with Gasteiger partial charge in [0.25, 0.3) is 0 Å². The van der Waals surface area contributed by atoms with Crippen molar-refractivity contribution in [2.24, 2.45) is 0 Å². The van der Waals surface area contributed by atoms with Gasteiger partial charge in [0.1, 0.15) is 0 Å². The van der Waals surface area contributed by atoms with Gasteiger partial charge >= 0.3 is 7.12 Å². The van der Waals surface area contributed by atoms with Gasteiger partial charge in [-0.25, -0.2) is 13.2 Å². The topological polar surface area (TPSA) is 18.5 Å². The monoisotopic (exact) mass is 284 g/mol. The number of halogens is 3. The average molecular weight is 284 g/mol. The third-order valence-electron chi connectivity index (χ3n) is 3.72. The van der Waals surface area contributed by atoms with Crippen LogP contribution in [-0.2, 0) is 9.31 Å². The van der Waals surface area contributed by atoms with Crippen molar-refractivity contribution in [1.82, 2.24) is 0 Å². The molecule has 1 aliphatic heterocycles. The summed E-state index contributed by atoms with van der Waals surface area (Å²) in [5.74, 6) is -2.38. The summed E-state index contributed by atoms with van der Waals surface area (Å²) >= 11 is 0. The van der Waals surface area contributed by atoms with Gasteiger partial charge in [-0.1, -0.05) is 12.1 Å². The molecule has 0 N–H and O–H groups in total. The van der Waals surface area contributed by atoms with Crippen molar-refractivity contribution in [2.75, 3.05) is 0 Å². The number of hydrogen-bond acceptors (Lipinski definition) is 2. The SMILES string of the molecule is CC1(C)OB(/C=C/c2cc(F)c(F)c(F)c2)OC1(C)C. The molecule has 20 heavy (non-hydrogen) atoms. The molecule has 0 bridgehead atoms. The standard InChI is InChI=1S/C14H16BF3O2/c1-13(2)14(3,4)20-15(19-13)6-5-9-7-10(16)12(18)11(17)8-9/h5-8H,1-4H3/b6-5+. The van der Waals surface area contributed by atoms with E-state index in [1.54, 1.807) is 5.98 Å². The normalized spacial score (nSPS) is 20.9. The summed E-state index contributed by atoms with van der Waals surface area (Å²) < 4.78 is 50.4. The second-order valence-corrected chi connectivity index (χ2v) is 5.78. The first-order chi connectivity index (χ1) is 9.12. The van der Waals surface area contributed by atoms with Gasteiger partial charge in [0.2, 0.25) is 0 Å². The van der Waals surface area contributed by atoms with Crippen LogP contribution in [0.5, 0.6) is 0 Å². The van der Waals surface area contributed by atoms with Crippen LogP contribution in [0.1, 0.15) is 33.3 Å². The molecule has 1 heterocycles. The molecule has 1 aromatic carbocycles. The molecule has 2 rings (SSSR count). The molecule has 2 nitrogen and oxygen atoms in total. The van der Waals surface area contributed by atoms with Crippen molar-refractivity contribution in [3.8, 4) is 0 Å². The van der Waals surface area contributed by atoms with Crippen LogP contribution in [0.2, 0.25) is 0 Å². The molecule has 0 aliphatic carbocycles. The van der Waals surface area contributed by atoms with Crippen molar-refractivity contribution in [1.29, 1.82) is 0 Å². The molecule has 0 saturated carbocycles. The predicted molar refractivity (Wildman–Crippen MR) is 71.4 cm³/mol. The number of benzene rings is 1. The van der Waals surface area contributed by atoms with Crippen LogP contribution in [0.3, 0.4) is 0 Å². The molecule has 0 aromatic heterocycles. The Labute approximate surface area is 116 Å². The fraction of sp³-hybridized carbons (Fsp3) is 0.429. The van der Waals surface area contributed by atoms with E-state index in [0.29, 0.717) is 0 Å². The van der Waals surface area contributed by atoms with Crippen molar-refractivity contribution in [3.63, 3.8) is 0 Å². The van der Waals surface area contributed by atoms with Gasteiger partial charge in [0.05, 0.1) is 11.2 Å². The minimum atomic E-state index is -1.47. The van der Waals surface area contributed by atoms with Crippen LogP contribution in [0.4, 0.5) is 13.2 Å². The van der Waals surface area contributed by atoms with E-state index in [0.717, 1.165) is 12.1 Å². The molecule has 108 valence electrons. The zero-order valence-electron chi connectivity index (χ0n) is 11.8. The highest BCUT2D eigenvalue weighted by Gasteiger charge is 2.49. The Bertz CT molecular complexity index is 516. The third kappa shape index (κ3) is 2.76. The van der Waals surface area contributed by atoms with Crippen molar-refractivity contribution < 1.29 is 22.5 Å². The minimum Gasteiger partial charge on any atom is -0.400 e. The largest absolute Gasteiger partial charge is 0.487 e. The van der Waals surface area contributed by atoms with E-state index < -0.39 is 35.8 Å². The van der Waals surface area contributed by atoms with Crippen LogP contribution in [0.15, 0.2) is 18.1 Å². The van der Waals surface area contributed by atoms with Crippen molar-refractivity contribution >= 4 is 13.2 Å². The van der Waals surface area contributed by atoms with Gasteiger partial charge in [-0.15, -0.1) is 0 Å². The van der Waals surface area contributed by atoms with E-state index >= 15 is 0 Å². The fourth-order valence-electron chi connectivity index (χ4n) is 1.83. The van der Waals surface area contributed by atoms with Gasteiger partial charge in [-0.2, -0.15) is 0 Å². The molecule has 0 radical (unpaired) electrons. The number of hydrogen-bond donors (Lipinski definition) is 0. The first-order valence-electron chi connectivity index (χ1n) is 6.31. The summed E-state index contributed by atoms with van der Waals surface area (Å²) in [4.78, 5) is 0. The average Bonchev–Trinajstić information content (AvgIpc) is 2.52. The van der Waals surface area contributed by atoms with Gasteiger partial charge in [0.15, 0.2) is 17.5 Å². The summed E-state index contributed by atoms with van der Waals surface area (Å²) in [7, 11) is -0.615. The molecule has 0 amide bonds. The highest BCUT2D eigenvalue weighted by molar-refractivity contribution is 6.52. The fourth-order valence-corrected chi connectivity index (χ4v) is 1.83. The van der Waals surface area contributed by atoms with Crippen LogP contribution >= 0.6 is 0 Å². The molecular weight excluding hydrogens is 268 g/mol. The molecule has 1 aromatic rings. The van der Waals surface area contributed by atoms with E-state index in [4.69, 9.17) is 9.31 Å². The Morgan fingerprint density at radius 3 is 1.85 bits per heavy atom. The summed E-state index contributed by atoms with van der Waals surface area (Å²) in [5, 5.41) is 0. The Morgan fingerprint density at radius 1 is 0.950 bits per heavy atom. The van der Waals surface area contributed by atoms with Gasteiger partial charge < -0.3 is 9.31 Å². The molecule has 6 heteroatoms. The minimum absolute atomic E-state index is 0.205. The van der Waals surface area contributed by atoms with Gasteiger partial charge in [-0.3, -0.25) is 0 Å². The summed E-state index contributed by atoms with van der Waals surface area (Å²) in [6.07, 6.45) is 1.44. The molecule has 1 fully saturated rings. The molecular formula is C14H16BF3O2. The molecule has 0 spiro atoms. The summed E-state index contributed by atoms with van der Waals surface area (Å²) in [6.45, 7) is 7.60. The lowest BCUT2D eigenvalue weighted by atomic mass is 9.89. The smallest absolute Gasteiger partial charge is 0.400 e. The molecule has 0 unspecified atom stereocenters. The van der Waals surface area contributed by atoms with Crippen LogP contribution in [0, 0.1) is 17.5 Å². The van der Waals surface area contributed by atoms with Crippen molar-refractivity contribution in [3.05, 3.63) is 41.1 Å². The van der Waals surface area contributed by atoms with Crippen LogP contribution in [0.25, 0.3) is 6.08 Å². The second kappa shape index (κ2) is 4.93. The maximum Gasteiger partial charge on any atom is 0.487 e. The Kier molecular flexibility index (Phi) is 3.73. The van der Waals surface area contributed by atoms with E-state index in [2.05, 4.69) is 0 Å². The molecule has 1 aliphatic rings. The highest BCUT2D eigenvalue weighted by Crippen LogP contribution is 2.37. The maximum atomic E-state index is 13.1. The quantitative estimate of drug-likeness (QED) is 0.608. The second-order valence-electron chi connectivity index (χ2n) is 5.78. The lowest BCUT2D eigenvalue weighted by molar-refractivity contribution is 0.00578. The molecule has 1 saturated heterocycles. The van der Waals surface area contributed by atoms with E-state index in [1.165, 1.54) is 6.08 Å². The maximum absolute atomic E-state index is 13.1. The Morgan fingerprint density at radius 2 is 1.40 bits per heavy atom. The summed E-state index contributed by atoms with van der Waals surface area (Å²) in [5.41, 5.74) is -0.765. The van der Waals surface area contributed by atoms with E-state index in [-0.39, 0.29) is 5.56 Å². The first-order valence-corrected chi connectivity index (χ1v) is 6.31. The van der Waals surface area contributed by atoms with E-state index in [1.807, 2.05) is 27.7 Å². The van der Waals surface area contributed by atoms with Gasteiger partial charge in [-0.05, 0) is 45.4 Å². The van der Waals surface area contributed by atoms with Crippen LogP contribution < -0.4 is 0 Å². The lowest BCUT2D eigenvalue weighted by Crippen LogP contribution is -2.41. The zero-order chi connectivity index (χ0) is 15.1. The Balaban J connectivity index is 2.16. The van der Waals surface area contributed by atoms with Crippen molar-refractivity contribution in [2.45, 2.75) is 38.9 Å². The number of rotatable bonds is 2. The summed E-state index contributed by atoms with van der Waals surface area (Å²) in [6, 6.07) is 1.83. The third-order valence-corrected chi connectivity index (χ3v) is 3.72. The lowest BCUT2D eigenvalue weighted by Gasteiger charge is -2.32. The van der Waals surface area contributed by atoms with Crippen LogP contribution in [-0.4, -0.2) is 18.3 Å². The van der Waals surface area contributed by atoms with E-state index in [9.17, 15) is 13.2 Å². The first kappa shape index (κ1) is 15.1. The van der Waals surface area contributed by atoms with Gasteiger partial charge in [0, 0.05) is 0 Å². The Hall–Kier alpha value is -1.27. The highest BCUT2D eigenvalue weighted by atomic mass is 19.2.